The van der Waals surface area contributed by atoms with Gasteiger partial charge in [0.15, 0.2) is 0 Å². The smallest absolute Gasteiger partial charge is 0.251 e. The van der Waals surface area contributed by atoms with Crippen LogP contribution in [-0.2, 0) is 0 Å². The standard InChI is InChI=1S/C12H15FN2O/c13-10-3-1-2-4-11(10)15-12(16)9-5-7-14-8-6-9/h5-8,10-11H,1-4H2,(H,15,16)/t10-,11-/m1/s1. The maximum atomic E-state index is 13.5. The molecule has 1 N–H and O–H groups in total. The lowest BCUT2D eigenvalue weighted by Crippen LogP contribution is -2.43. The molecule has 0 aliphatic heterocycles. The van der Waals surface area contributed by atoms with Gasteiger partial charge in [-0.3, -0.25) is 9.78 Å². The number of pyridine rings is 1. The first-order valence-corrected chi connectivity index (χ1v) is 5.62. The summed E-state index contributed by atoms with van der Waals surface area (Å²) in [4.78, 5) is 15.6. The molecule has 1 heterocycles. The number of nitrogens with one attached hydrogen (secondary N) is 1. The third-order valence-electron chi connectivity index (χ3n) is 2.94. The van der Waals surface area contributed by atoms with Crippen molar-refractivity contribution in [3.05, 3.63) is 30.1 Å². The van der Waals surface area contributed by atoms with E-state index in [9.17, 15) is 9.18 Å². The van der Waals surface area contributed by atoms with Crippen LogP contribution in [0.1, 0.15) is 36.0 Å². The quantitative estimate of drug-likeness (QED) is 0.832. The highest BCUT2D eigenvalue weighted by Crippen LogP contribution is 2.21. The second-order valence-electron chi connectivity index (χ2n) is 4.12. The maximum absolute atomic E-state index is 13.5. The lowest BCUT2D eigenvalue weighted by atomic mass is 9.93. The van der Waals surface area contributed by atoms with E-state index < -0.39 is 6.17 Å². The van der Waals surface area contributed by atoms with Crippen molar-refractivity contribution in [3.8, 4) is 0 Å². The van der Waals surface area contributed by atoms with Crippen molar-refractivity contribution in [1.82, 2.24) is 10.3 Å². The minimum absolute atomic E-state index is 0.211. The second-order valence-corrected chi connectivity index (χ2v) is 4.12. The highest BCUT2D eigenvalue weighted by Gasteiger charge is 2.26. The average molecular weight is 222 g/mol. The van der Waals surface area contributed by atoms with E-state index in [1.54, 1.807) is 24.5 Å². The Hall–Kier alpha value is -1.45. The topological polar surface area (TPSA) is 42.0 Å². The molecule has 0 saturated heterocycles. The van der Waals surface area contributed by atoms with Crippen LogP contribution in [0, 0.1) is 0 Å². The number of hydrogen-bond donors (Lipinski definition) is 1. The summed E-state index contributed by atoms with van der Waals surface area (Å²) in [7, 11) is 0. The van der Waals surface area contributed by atoms with Gasteiger partial charge in [0.05, 0.1) is 6.04 Å². The van der Waals surface area contributed by atoms with Crippen LogP contribution in [0.4, 0.5) is 4.39 Å². The third-order valence-corrected chi connectivity index (χ3v) is 2.94. The lowest BCUT2D eigenvalue weighted by molar-refractivity contribution is 0.0884. The SMILES string of the molecule is O=C(N[C@@H]1CCCC[C@H]1F)c1ccncc1. The van der Waals surface area contributed by atoms with Gasteiger partial charge in [-0.1, -0.05) is 12.8 Å². The number of alkyl halides is 1. The molecule has 1 aromatic rings. The molecule has 1 aliphatic carbocycles. The Morgan fingerprint density at radius 1 is 1.31 bits per heavy atom. The Kier molecular flexibility index (Phi) is 3.49. The predicted octanol–water partition coefficient (Wildman–Crippen LogP) is 2.09. The van der Waals surface area contributed by atoms with E-state index in [1.165, 1.54) is 0 Å². The third kappa shape index (κ3) is 2.56. The number of carbonyl (C=O) groups is 1. The van der Waals surface area contributed by atoms with Crippen molar-refractivity contribution in [2.45, 2.75) is 37.9 Å². The molecular formula is C12H15FN2O. The fourth-order valence-electron chi connectivity index (χ4n) is 2.00. The molecular weight excluding hydrogens is 207 g/mol. The lowest BCUT2D eigenvalue weighted by Gasteiger charge is -2.26. The molecule has 1 aliphatic rings. The Morgan fingerprint density at radius 2 is 2.00 bits per heavy atom. The zero-order valence-electron chi connectivity index (χ0n) is 9.03. The number of halogens is 1. The first-order valence-electron chi connectivity index (χ1n) is 5.62. The molecule has 0 bridgehead atoms. The van der Waals surface area contributed by atoms with Crippen molar-refractivity contribution in [1.29, 1.82) is 0 Å². The molecule has 1 fully saturated rings. The Labute approximate surface area is 94.1 Å². The Morgan fingerprint density at radius 3 is 2.69 bits per heavy atom. The normalized spacial score (nSPS) is 25.1. The molecule has 86 valence electrons. The van der Waals surface area contributed by atoms with Crippen LogP contribution >= 0.6 is 0 Å². The molecule has 3 nitrogen and oxygen atoms in total. The maximum Gasteiger partial charge on any atom is 0.251 e. The van der Waals surface area contributed by atoms with Gasteiger partial charge in [-0.15, -0.1) is 0 Å². The monoisotopic (exact) mass is 222 g/mol. The molecule has 0 aromatic carbocycles. The van der Waals surface area contributed by atoms with Crippen molar-refractivity contribution in [2.24, 2.45) is 0 Å². The molecule has 2 rings (SSSR count). The molecule has 0 spiro atoms. The first kappa shape index (κ1) is 11.0. The molecule has 1 saturated carbocycles. The van der Waals surface area contributed by atoms with Crippen molar-refractivity contribution >= 4 is 5.91 Å². The molecule has 16 heavy (non-hydrogen) atoms. The molecule has 2 atom stereocenters. The largest absolute Gasteiger partial charge is 0.346 e. The highest BCUT2D eigenvalue weighted by molar-refractivity contribution is 5.94. The van der Waals surface area contributed by atoms with Crippen molar-refractivity contribution < 1.29 is 9.18 Å². The van der Waals surface area contributed by atoms with E-state index in [2.05, 4.69) is 10.3 Å². The van der Waals surface area contributed by atoms with Crippen molar-refractivity contribution in [3.63, 3.8) is 0 Å². The van der Waals surface area contributed by atoms with Crippen LogP contribution in [0.5, 0.6) is 0 Å². The Balaban J connectivity index is 1.96. The van der Waals surface area contributed by atoms with Gasteiger partial charge in [0.2, 0.25) is 0 Å². The van der Waals surface area contributed by atoms with Gasteiger partial charge in [-0.05, 0) is 25.0 Å². The fraction of sp³-hybridized carbons (Fsp3) is 0.500. The summed E-state index contributed by atoms with van der Waals surface area (Å²) < 4.78 is 13.5. The summed E-state index contributed by atoms with van der Waals surface area (Å²) in [5.41, 5.74) is 0.535. The first-order chi connectivity index (χ1) is 7.77. The van der Waals surface area contributed by atoms with Gasteiger partial charge in [0.1, 0.15) is 6.17 Å². The zero-order valence-corrected chi connectivity index (χ0v) is 9.03. The van der Waals surface area contributed by atoms with Gasteiger partial charge in [-0.25, -0.2) is 4.39 Å². The molecule has 0 unspecified atom stereocenters. The van der Waals surface area contributed by atoms with E-state index >= 15 is 0 Å². The number of nitrogens with zero attached hydrogens (tertiary/aromatic N) is 1. The van der Waals surface area contributed by atoms with Crippen molar-refractivity contribution in [2.75, 3.05) is 0 Å². The molecule has 1 amide bonds. The van der Waals surface area contributed by atoms with Crippen LogP contribution in [-0.4, -0.2) is 23.1 Å². The van der Waals surface area contributed by atoms with E-state index in [4.69, 9.17) is 0 Å². The van der Waals surface area contributed by atoms with Crippen LogP contribution in [0.2, 0.25) is 0 Å². The summed E-state index contributed by atoms with van der Waals surface area (Å²) in [6.07, 6.45) is 5.41. The van der Waals surface area contributed by atoms with E-state index in [0.29, 0.717) is 12.0 Å². The van der Waals surface area contributed by atoms with Gasteiger partial charge in [0.25, 0.3) is 5.91 Å². The van der Waals surface area contributed by atoms with Crippen LogP contribution in [0.15, 0.2) is 24.5 Å². The Bertz CT molecular complexity index is 355. The van der Waals surface area contributed by atoms with Crippen LogP contribution < -0.4 is 5.32 Å². The summed E-state index contributed by atoms with van der Waals surface area (Å²) >= 11 is 0. The average Bonchev–Trinajstić information content (AvgIpc) is 2.33. The van der Waals surface area contributed by atoms with E-state index in [0.717, 1.165) is 19.3 Å². The number of rotatable bonds is 2. The minimum Gasteiger partial charge on any atom is -0.346 e. The predicted molar refractivity (Wildman–Crippen MR) is 58.9 cm³/mol. The summed E-state index contributed by atoms with van der Waals surface area (Å²) in [5, 5.41) is 2.74. The van der Waals surface area contributed by atoms with Crippen LogP contribution in [0.3, 0.4) is 0 Å². The van der Waals surface area contributed by atoms with Gasteiger partial charge in [0, 0.05) is 18.0 Å². The van der Waals surface area contributed by atoms with Gasteiger partial charge in [-0.2, -0.15) is 0 Å². The minimum atomic E-state index is -0.903. The van der Waals surface area contributed by atoms with Crippen LogP contribution in [0.25, 0.3) is 0 Å². The number of carbonyl (C=O) groups excluding carboxylic acids is 1. The van der Waals surface area contributed by atoms with Gasteiger partial charge >= 0.3 is 0 Å². The summed E-state index contributed by atoms with van der Waals surface area (Å²) in [6.45, 7) is 0. The molecule has 1 aromatic heterocycles. The molecule has 0 radical (unpaired) electrons. The number of hydrogen-bond acceptors (Lipinski definition) is 2. The second kappa shape index (κ2) is 5.05. The highest BCUT2D eigenvalue weighted by atomic mass is 19.1. The number of amides is 1. The van der Waals surface area contributed by atoms with E-state index in [1.807, 2.05) is 0 Å². The van der Waals surface area contributed by atoms with E-state index in [-0.39, 0.29) is 11.9 Å². The molecule has 4 heteroatoms. The zero-order chi connectivity index (χ0) is 11.4. The summed E-state index contributed by atoms with van der Waals surface area (Å²) in [5.74, 6) is -0.211. The fourth-order valence-corrected chi connectivity index (χ4v) is 2.00. The van der Waals surface area contributed by atoms with Gasteiger partial charge < -0.3 is 5.32 Å². The summed E-state index contributed by atoms with van der Waals surface area (Å²) in [6, 6.07) is 2.94. The number of aromatic nitrogens is 1.